The van der Waals surface area contributed by atoms with Crippen LogP contribution in [0.2, 0.25) is 0 Å². The van der Waals surface area contributed by atoms with E-state index in [1.807, 2.05) is 37.3 Å². The van der Waals surface area contributed by atoms with Gasteiger partial charge in [-0.2, -0.15) is 0 Å². The van der Waals surface area contributed by atoms with E-state index >= 15 is 0 Å². The van der Waals surface area contributed by atoms with Gasteiger partial charge in [-0.05, 0) is 37.1 Å². The van der Waals surface area contributed by atoms with E-state index in [0.29, 0.717) is 12.8 Å². The van der Waals surface area contributed by atoms with Crippen LogP contribution in [-0.4, -0.2) is 10.9 Å². The molecule has 1 unspecified atom stereocenters. The second-order valence-corrected chi connectivity index (χ2v) is 6.84. The molecule has 0 bridgehead atoms. The van der Waals surface area contributed by atoms with Crippen LogP contribution in [-0.2, 0) is 11.2 Å². The lowest BCUT2D eigenvalue weighted by atomic mass is 10.0. The highest BCUT2D eigenvalue weighted by molar-refractivity contribution is 7.18. The molecule has 1 heterocycles. The molecular formula is C19H20N2OS. The number of nitrogens with zero attached hydrogens (tertiary/aromatic N) is 1. The second-order valence-electron chi connectivity index (χ2n) is 5.72. The summed E-state index contributed by atoms with van der Waals surface area (Å²) in [6, 6.07) is 16.3. The third-order valence-electron chi connectivity index (χ3n) is 3.94. The van der Waals surface area contributed by atoms with Crippen molar-refractivity contribution in [2.45, 2.75) is 32.7 Å². The Morgan fingerprint density at radius 2 is 1.91 bits per heavy atom. The van der Waals surface area contributed by atoms with Crippen LogP contribution in [0.15, 0.2) is 48.5 Å². The van der Waals surface area contributed by atoms with Gasteiger partial charge in [-0.3, -0.25) is 4.79 Å². The number of carbonyl (C=O) groups excluding carboxylic acids is 1. The molecule has 4 heteroatoms. The highest BCUT2D eigenvalue weighted by atomic mass is 32.1. The van der Waals surface area contributed by atoms with Crippen molar-refractivity contribution in [1.82, 2.24) is 10.3 Å². The molecule has 1 atom stereocenters. The van der Waals surface area contributed by atoms with Crippen molar-refractivity contribution < 1.29 is 4.79 Å². The van der Waals surface area contributed by atoms with Gasteiger partial charge in [-0.1, -0.05) is 36.4 Å². The van der Waals surface area contributed by atoms with Crippen molar-refractivity contribution in [2.24, 2.45) is 0 Å². The van der Waals surface area contributed by atoms with E-state index in [0.717, 1.165) is 10.5 Å². The zero-order valence-electron chi connectivity index (χ0n) is 13.4. The molecule has 0 fully saturated rings. The minimum atomic E-state index is 0.0269. The van der Waals surface area contributed by atoms with Crippen molar-refractivity contribution in [3.63, 3.8) is 0 Å². The van der Waals surface area contributed by atoms with Gasteiger partial charge >= 0.3 is 0 Å². The maximum atomic E-state index is 12.2. The largest absolute Gasteiger partial charge is 0.350 e. The summed E-state index contributed by atoms with van der Waals surface area (Å²) in [5, 5.41) is 4.10. The summed E-state index contributed by atoms with van der Waals surface area (Å²) in [4.78, 5) is 16.8. The van der Waals surface area contributed by atoms with Crippen molar-refractivity contribution in [2.75, 3.05) is 0 Å². The van der Waals surface area contributed by atoms with Crippen LogP contribution in [0, 0.1) is 6.92 Å². The number of amides is 1. The molecule has 23 heavy (non-hydrogen) atoms. The molecule has 1 amide bonds. The van der Waals surface area contributed by atoms with Crippen LogP contribution in [0.1, 0.15) is 35.5 Å². The predicted molar refractivity (Wildman–Crippen MR) is 95.7 cm³/mol. The van der Waals surface area contributed by atoms with Crippen LogP contribution in [0.4, 0.5) is 0 Å². The van der Waals surface area contributed by atoms with Gasteiger partial charge < -0.3 is 5.32 Å². The van der Waals surface area contributed by atoms with Crippen LogP contribution in [0.25, 0.3) is 10.2 Å². The zero-order valence-corrected chi connectivity index (χ0v) is 14.2. The summed E-state index contributed by atoms with van der Waals surface area (Å²) in [5.41, 5.74) is 3.38. The SMILES string of the molecule is Cc1ccccc1C(C)NC(=O)CCc1nc2ccccc2s1. The third kappa shape index (κ3) is 3.77. The Labute approximate surface area is 140 Å². The minimum Gasteiger partial charge on any atom is -0.350 e. The van der Waals surface area contributed by atoms with Crippen molar-refractivity contribution in [3.8, 4) is 0 Å². The van der Waals surface area contributed by atoms with Crippen LogP contribution in [0.3, 0.4) is 0 Å². The van der Waals surface area contributed by atoms with E-state index in [2.05, 4.69) is 35.4 Å². The number of fused-ring (bicyclic) bond motifs is 1. The van der Waals surface area contributed by atoms with Gasteiger partial charge in [0.2, 0.25) is 5.91 Å². The number of nitrogens with one attached hydrogen (secondary N) is 1. The smallest absolute Gasteiger partial charge is 0.220 e. The van der Waals surface area contributed by atoms with E-state index < -0.39 is 0 Å². The number of aromatic nitrogens is 1. The number of thiazole rings is 1. The molecule has 0 saturated heterocycles. The van der Waals surface area contributed by atoms with Gasteiger partial charge in [0.15, 0.2) is 0 Å². The quantitative estimate of drug-likeness (QED) is 0.755. The van der Waals surface area contributed by atoms with Crippen LogP contribution in [0.5, 0.6) is 0 Å². The Morgan fingerprint density at radius 1 is 1.17 bits per heavy atom. The average Bonchev–Trinajstić information content (AvgIpc) is 2.96. The lowest BCUT2D eigenvalue weighted by Crippen LogP contribution is -2.27. The maximum Gasteiger partial charge on any atom is 0.220 e. The first-order valence-electron chi connectivity index (χ1n) is 7.83. The third-order valence-corrected chi connectivity index (χ3v) is 5.03. The van der Waals surface area contributed by atoms with Gasteiger partial charge in [-0.15, -0.1) is 11.3 Å². The fourth-order valence-electron chi connectivity index (χ4n) is 2.71. The van der Waals surface area contributed by atoms with Crippen LogP contribution < -0.4 is 5.32 Å². The molecule has 3 rings (SSSR count). The van der Waals surface area contributed by atoms with Gasteiger partial charge in [0.25, 0.3) is 0 Å². The monoisotopic (exact) mass is 324 g/mol. The fraction of sp³-hybridized carbons (Fsp3) is 0.263. The standard InChI is InChI=1S/C19H20N2OS/c1-13-7-3-4-8-15(13)14(2)20-18(22)11-12-19-21-16-9-5-6-10-17(16)23-19/h3-10,14H,11-12H2,1-2H3,(H,20,22). The first-order chi connectivity index (χ1) is 11.1. The maximum absolute atomic E-state index is 12.2. The van der Waals surface area contributed by atoms with E-state index in [1.54, 1.807) is 11.3 Å². The Morgan fingerprint density at radius 3 is 2.70 bits per heavy atom. The highest BCUT2D eigenvalue weighted by Crippen LogP contribution is 2.22. The zero-order chi connectivity index (χ0) is 16.2. The Bertz CT molecular complexity index is 792. The lowest BCUT2D eigenvalue weighted by molar-refractivity contribution is -0.121. The Balaban J connectivity index is 1.58. The molecular weight excluding hydrogens is 304 g/mol. The molecule has 3 nitrogen and oxygen atoms in total. The fourth-order valence-corrected chi connectivity index (χ4v) is 3.68. The summed E-state index contributed by atoms with van der Waals surface area (Å²) < 4.78 is 1.18. The predicted octanol–water partition coefficient (Wildman–Crippen LogP) is 4.41. The number of benzene rings is 2. The Hall–Kier alpha value is -2.20. The second kappa shape index (κ2) is 6.92. The first-order valence-corrected chi connectivity index (χ1v) is 8.64. The number of hydrogen-bond donors (Lipinski definition) is 1. The average molecular weight is 324 g/mol. The lowest BCUT2D eigenvalue weighted by Gasteiger charge is -2.16. The molecule has 0 aliphatic heterocycles. The molecule has 0 aliphatic carbocycles. The first kappa shape index (κ1) is 15.7. The number of hydrogen-bond acceptors (Lipinski definition) is 3. The molecule has 1 aromatic heterocycles. The molecule has 0 radical (unpaired) electrons. The van der Waals surface area contributed by atoms with Crippen LogP contribution >= 0.6 is 11.3 Å². The summed E-state index contributed by atoms with van der Waals surface area (Å²) in [5.74, 6) is 0.0695. The molecule has 0 aliphatic rings. The van der Waals surface area contributed by atoms with E-state index in [1.165, 1.54) is 15.8 Å². The topological polar surface area (TPSA) is 42.0 Å². The van der Waals surface area contributed by atoms with Crippen molar-refractivity contribution >= 4 is 27.5 Å². The Kier molecular flexibility index (Phi) is 4.72. The van der Waals surface area contributed by atoms with Gasteiger partial charge in [0.05, 0.1) is 21.3 Å². The summed E-state index contributed by atoms with van der Waals surface area (Å²) in [7, 11) is 0. The van der Waals surface area contributed by atoms with E-state index in [4.69, 9.17) is 0 Å². The normalized spacial score (nSPS) is 12.3. The molecule has 0 saturated carbocycles. The number of carbonyl (C=O) groups is 1. The highest BCUT2D eigenvalue weighted by Gasteiger charge is 2.12. The van der Waals surface area contributed by atoms with Gasteiger partial charge in [0.1, 0.15) is 0 Å². The van der Waals surface area contributed by atoms with Crippen molar-refractivity contribution in [1.29, 1.82) is 0 Å². The van der Waals surface area contributed by atoms with E-state index in [9.17, 15) is 4.79 Å². The van der Waals surface area contributed by atoms with Gasteiger partial charge in [-0.25, -0.2) is 4.98 Å². The molecule has 0 spiro atoms. The molecule has 3 aromatic rings. The number of aryl methyl sites for hydroxylation is 2. The molecule has 1 N–H and O–H groups in total. The molecule has 118 valence electrons. The molecule has 2 aromatic carbocycles. The number of para-hydroxylation sites is 1. The summed E-state index contributed by atoms with van der Waals surface area (Å²) in [6.45, 7) is 4.09. The summed E-state index contributed by atoms with van der Waals surface area (Å²) in [6.07, 6.45) is 1.15. The minimum absolute atomic E-state index is 0.0269. The number of rotatable bonds is 5. The van der Waals surface area contributed by atoms with Crippen molar-refractivity contribution in [3.05, 3.63) is 64.7 Å². The van der Waals surface area contributed by atoms with E-state index in [-0.39, 0.29) is 11.9 Å². The van der Waals surface area contributed by atoms with Gasteiger partial charge in [0, 0.05) is 12.8 Å². The summed E-state index contributed by atoms with van der Waals surface area (Å²) >= 11 is 1.67.